The number of piperidine rings is 1. The summed E-state index contributed by atoms with van der Waals surface area (Å²) < 4.78 is 5.31. The number of amides is 1. The average Bonchev–Trinajstić information content (AvgIpc) is 2.35. The van der Waals surface area contributed by atoms with Crippen LogP contribution in [0, 0.1) is 6.92 Å². The Labute approximate surface area is 112 Å². The number of carbonyl (C=O) groups is 1. The fourth-order valence-electron chi connectivity index (χ4n) is 1.89. The van der Waals surface area contributed by atoms with Crippen molar-refractivity contribution in [3.05, 3.63) is 28.8 Å². The highest BCUT2D eigenvalue weighted by Gasteiger charge is 2.17. The van der Waals surface area contributed by atoms with Gasteiger partial charge < -0.3 is 10.1 Å². The summed E-state index contributed by atoms with van der Waals surface area (Å²) in [5.74, 6) is 0. The number of aryl methyl sites for hydroxylation is 1. The third-order valence-corrected chi connectivity index (χ3v) is 3.35. The number of carbonyl (C=O) groups excluding carboxylic acids is 1. The van der Waals surface area contributed by atoms with Crippen molar-refractivity contribution >= 4 is 23.4 Å². The largest absolute Gasteiger partial charge is 0.445 e. The number of hydrogen-bond acceptors (Lipinski definition) is 3. The van der Waals surface area contributed by atoms with E-state index in [0.29, 0.717) is 10.7 Å². The molecule has 1 atom stereocenters. The third kappa shape index (κ3) is 3.62. The maximum Gasteiger partial charge on any atom is 0.411 e. The van der Waals surface area contributed by atoms with Crippen LogP contribution >= 0.6 is 11.6 Å². The average molecular weight is 269 g/mol. The Bertz CT molecular complexity index is 431. The van der Waals surface area contributed by atoms with Gasteiger partial charge in [0.1, 0.15) is 6.10 Å². The molecular weight excluding hydrogens is 252 g/mol. The minimum Gasteiger partial charge on any atom is -0.445 e. The second-order valence-corrected chi connectivity index (χ2v) is 4.87. The van der Waals surface area contributed by atoms with Crippen molar-refractivity contribution in [2.75, 3.05) is 18.4 Å². The minimum absolute atomic E-state index is 0.0420. The first-order valence-electron chi connectivity index (χ1n) is 6.09. The fourth-order valence-corrected chi connectivity index (χ4v) is 2.07. The second kappa shape index (κ2) is 6.07. The summed E-state index contributed by atoms with van der Waals surface area (Å²) in [4.78, 5) is 11.7. The topological polar surface area (TPSA) is 50.4 Å². The molecule has 0 spiro atoms. The highest BCUT2D eigenvalue weighted by Crippen LogP contribution is 2.20. The van der Waals surface area contributed by atoms with Crippen LogP contribution in [0.4, 0.5) is 10.5 Å². The van der Waals surface area contributed by atoms with E-state index in [9.17, 15) is 4.79 Å². The molecule has 1 heterocycles. The van der Waals surface area contributed by atoms with E-state index >= 15 is 0 Å². The van der Waals surface area contributed by atoms with E-state index < -0.39 is 6.09 Å². The van der Waals surface area contributed by atoms with Crippen LogP contribution in [0.3, 0.4) is 0 Å². The molecule has 1 unspecified atom stereocenters. The second-order valence-electron chi connectivity index (χ2n) is 4.46. The van der Waals surface area contributed by atoms with E-state index in [1.807, 2.05) is 19.1 Å². The van der Waals surface area contributed by atoms with E-state index in [1.165, 1.54) is 0 Å². The lowest BCUT2D eigenvalue weighted by molar-refractivity contribution is 0.0941. The van der Waals surface area contributed by atoms with E-state index in [4.69, 9.17) is 16.3 Å². The lowest BCUT2D eigenvalue weighted by atomic mass is 10.1. The summed E-state index contributed by atoms with van der Waals surface area (Å²) in [5.41, 5.74) is 1.63. The molecule has 2 N–H and O–H groups in total. The molecule has 0 aliphatic carbocycles. The number of rotatable bonds is 2. The standard InChI is InChI=1S/C13H17ClN2O2/c1-9-4-5-10(7-12(9)14)16-13(17)18-11-3-2-6-15-8-11/h4-5,7,11,15H,2-3,6,8H2,1H3,(H,16,17). The molecule has 0 bridgehead atoms. The van der Waals surface area contributed by atoms with Crippen LogP contribution in [-0.4, -0.2) is 25.3 Å². The highest BCUT2D eigenvalue weighted by molar-refractivity contribution is 6.31. The lowest BCUT2D eigenvalue weighted by Gasteiger charge is -2.22. The van der Waals surface area contributed by atoms with Crippen molar-refractivity contribution in [1.82, 2.24) is 5.32 Å². The molecule has 0 saturated carbocycles. The fraction of sp³-hybridized carbons (Fsp3) is 0.462. The number of halogens is 1. The lowest BCUT2D eigenvalue weighted by Crippen LogP contribution is -2.37. The highest BCUT2D eigenvalue weighted by atomic mass is 35.5. The van der Waals surface area contributed by atoms with Gasteiger partial charge >= 0.3 is 6.09 Å². The van der Waals surface area contributed by atoms with Crippen LogP contribution in [0.5, 0.6) is 0 Å². The van der Waals surface area contributed by atoms with Gasteiger partial charge in [-0.1, -0.05) is 17.7 Å². The molecule has 0 aromatic heterocycles. The number of benzene rings is 1. The normalized spacial score (nSPS) is 19.3. The van der Waals surface area contributed by atoms with Gasteiger partial charge in [-0.3, -0.25) is 5.32 Å². The van der Waals surface area contributed by atoms with Crippen molar-refractivity contribution in [1.29, 1.82) is 0 Å². The molecule has 4 nitrogen and oxygen atoms in total. The smallest absolute Gasteiger partial charge is 0.411 e. The summed E-state index contributed by atoms with van der Waals surface area (Å²) in [6.07, 6.45) is 1.48. The Balaban J connectivity index is 1.88. The van der Waals surface area contributed by atoms with Crippen molar-refractivity contribution in [3.63, 3.8) is 0 Å². The SMILES string of the molecule is Cc1ccc(NC(=O)OC2CCCNC2)cc1Cl. The van der Waals surface area contributed by atoms with E-state index in [-0.39, 0.29) is 6.10 Å². The molecule has 1 aromatic carbocycles. The molecule has 5 heteroatoms. The zero-order valence-corrected chi connectivity index (χ0v) is 11.1. The number of hydrogen-bond donors (Lipinski definition) is 2. The maximum atomic E-state index is 11.7. The molecule has 1 saturated heterocycles. The Morgan fingerprint density at radius 2 is 2.39 bits per heavy atom. The maximum absolute atomic E-state index is 11.7. The van der Waals surface area contributed by atoms with Crippen molar-refractivity contribution < 1.29 is 9.53 Å². The molecule has 1 fully saturated rings. The molecule has 0 radical (unpaired) electrons. The van der Waals surface area contributed by atoms with E-state index in [0.717, 1.165) is 31.5 Å². The minimum atomic E-state index is -0.427. The first-order chi connectivity index (χ1) is 8.65. The number of nitrogens with one attached hydrogen (secondary N) is 2. The Hall–Kier alpha value is -1.26. The first-order valence-corrected chi connectivity index (χ1v) is 6.47. The van der Waals surface area contributed by atoms with Crippen LogP contribution in [0.25, 0.3) is 0 Å². The zero-order chi connectivity index (χ0) is 13.0. The van der Waals surface area contributed by atoms with E-state index in [1.54, 1.807) is 6.07 Å². The third-order valence-electron chi connectivity index (χ3n) is 2.94. The van der Waals surface area contributed by atoms with Gasteiger partial charge in [0.05, 0.1) is 0 Å². The molecule has 18 heavy (non-hydrogen) atoms. The van der Waals surface area contributed by atoms with Crippen LogP contribution in [0.15, 0.2) is 18.2 Å². The van der Waals surface area contributed by atoms with Gasteiger partial charge in [0.15, 0.2) is 0 Å². The van der Waals surface area contributed by atoms with Crippen molar-refractivity contribution in [3.8, 4) is 0 Å². The van der Waals surface area contributed by atoms with Gasteiger partial charge in [-0.25, -0.2) is 4.79 Å². The van der Waals surface area contributed by atoms with Crippen molar-refractivity contribution in [2.45, 2.75) is 25.9 Å². The summed E-state index contributed by atoms with van der Waals surface area (Å²) in [6, 6.07) is 5.39. The molecule has 2 rings (SSSR count). The van der Waals surface area contributed by atoms with Crippen LogP contribution in [0.2, 0.25) is 5.02 Å². The van der Waals surface area contributed by atoms with Gasteiger partial charge in [-0.15, -0.1) is 0 Å². The molecular formula is C13H17ClN2O2. The molecule has 1 aliphatic heterocycles. The Morgan fingerprint density at radius 3 is 3.06 bits per heavy atom. The summed E-state index contributed by atoms with van der Waals surface area (Å²) >= 11 is 5.99. The quantitative estimate of drug-likeness (QED) is 0.867. The number of anilines is 1. The Kier molecular flexibility index (Phi) is 4.44. The van der Waals surface area contributed by atoms with Gasteiger partial charge in [0.2, 0.25) is 0 Å². The molecule has 1 aliphatic rings. The zero-order valence-electron chi connectivity index (χ0n) is 10.3. The monoisotopic (exact) mass is 268 g/mol. The summed E-state index contributed by atoms with van der Waals surface area (Å²) in [5, 5.41) is 6.51. The predicted octanol–water partition coefficient (Wildman–Crippen LogP) is 2.95. The molecule has 98 valence electrons. The first kappa shape index (κ1) is 13.2. The van der Waals surface area contributed by atoms with Crippen LogP contribution in [0.1, 0.15) is 18.4 Å². The molecule has 1 amide bonds. The number of ether oxygens (including phenoxy) is 1. The summed E-state index contributed by atoms with van der Waals surface area (Å²) in [7, 11) is 0. The predicted molar refractivity (Wildman–Crippen MR) is 72.2 cm³/mol. The molecule has 1 aromatic rings. The van der Waals surface area contributed by atoms with Gasteiger partial charge in [0, 0.05) is 17.3 Å². The van der Waals surface area contributed by atoms with Crippen molar-refractivity contribution in [2.24, 2.45) is 0 Å². The Morgan fingerprint density at radius 1 is 1.56 bits per heavy atom. The van der Waals surface area contributed by atoms with Gasteiger partial charge in [-0.05, 0) is 44.0 Å². The van der Waals surface area contributed by atoms with Crippen LogP contribution < -0.4 is 10.6 Å². The van der Waals surface area contributed by atoms with Gasteiger partial charge in [-0.2, -0.15) is 0 Å². The van der Waals surface area contributed by atoms with E-state index in [2.05, 4.69) is 10.6 Å². The van der Waals surface area contributed by atoms with Gasteiger partial charge in [0.25, 0.3) is 0 Å². The summed E-state index contributed by atoms with van der Waals surface area (Å²) in [6.45, 7) is 3.63. The van der Waals surface area contributed by atoms with Crippen LogP contribution in [-0.2, 0) is 4.74 Å².